The van der Waals surface area contributed by atoms with Crippen LogP contribution in [0.25, 0.3) is 0 Å². The number of carbonyl (C=O) groups excluding carboxylic acids is 2. The van der Waals surface area contributed by atoms with E-state index in [-0.39, 0.29) is 11.9 Å². The first-order valence-corrected chi connectivity index (χ1v) is 6.87. The summed E-state index contributed by atoms with van der Waals surface area (Å²) < 4.78 is 5.06. The molecule has 4 nitrogen and oxygen atoms in total. The number of aryl methyl sites for hydroxylation is 1. The van der Waals surface area contributed by atoms with Gasteiger partial charge < -0.3 is 10.1 Å². The molecule has 1 N–H and O–H groups in total. The van der Waals surface area contributed by atoms with Gasteiger partial charge in [-0.2, -0.15) is 0 Å². The zero-order chi connectivity index (χ0) is 13.3. The van der Waals surface area contributed by atoms with E-state index in [1.54, 1.807) is 18.3 Å². The molecule has 1 aromatic heterocycles. The lowest BCUT2D eigenvalue weighted by molar-refractivity contribution is -0.147. The molecule has 1 amide bonds. The molecule has 2 rings (SSSR count). The minimum Gasteiger partial charge on any atom is -0.464 e. The van der Waals surface area contributed by atoms with Gasteiger partial charge in [0.15, 0.2) is 0 Å². The van der Waals surface area contributed by atoms with E-state index >= 15 is 0 Å². The summed E-state index contributed by atoms with van der Waals surface area (Å²) in [7, 11) is 0. The Morgan fingerprint density at radius 3 is 2.94 bits per heavy atom. The Morgan fingerprint density at radius 1 is 1.67 bits per heavy atom. The summed E-state index contributed by atoms with van der Waals surface area (Å²) in [5.41, 5.74) is 0.620. The number of carbonyl (C=O) groups is 2. The van der Waals surface area contributed by atoms with E-state index in [4.69, 9.17) is 4.74 Å². The summed E-state index contributed by atoms with van der Waals surface area (Å²) in [6, 6.07) is 1.43. The Balaban J connectivity index is 2.37. The van der Waals surface area contributed by atoms with Crippen LogP contribution in [-0.2, 0) is 19.7 Å². The van der Waals surface area contributed by atoms with Crippen molar-refractivity contribution in [1.82, 2.24) is 5.32 Å². The van der Waals surface area contributed by atoms with Gasteiger partial charge in [-0.3, -0.25) is 4.79 Å². The highest BCUT2D eigenvalue weighted by molar-refractivity contribution is 7.10. The van der Waals surface area contributed by atoms with Gasteiger partial charge >= 0.3 is 5.97 Å². The van der Waals surface area contributed by atoms with Crippen molar-refractivity contribution in [3.63, 3.8) is 0 Å². The standard InChI is InChI=1S/C13H17NO3S/c1-4-17-12(16)10-13(3,7-9(15)14-10)11-8(2)5-6-18-11/h5-6,10H,4,7H2,1-3H3,(H,14,15). The third kappa shape index (κ3) is 2.03. The van der Waals surface area contributed by atoms with Gasteiger partial charge in [0.1, 0.15) is 6.04 Å². The van der Waals surface area contributed by atoms with E-state index in [2.05, 4.69) is 5.32 Å². The van der Waals surface area contributed by atoms with Crippen LogP contribution in [0.1, 0.15) is 30.7 Å². The van der Waals surface area contributed by atoms with Crippen molar-refractivity contribution in [3.05, 3.63) is 21.9 Å². The summed E-state index contributed by atoms with van der Waals surface area (Å²) in [5.74, 6) is -0.443. The molecule has 0 aliphatic carbocycles. The predicted molar refractivity (Wildman–Crippen MR) is 69.6 cm³/mol. The molecule has 98 valence electrons. The number of nitrogens with one attached hydrogen (secondary N) is 1. The quantitative estimate of drug-likeness (QED) is 0.849. The fraction of sp³-hybridized carbons (Fsp3) is 0.538. The van der Waals surface area contributed by atoms with Crippen molar-refractivity contribution in [2.45, 2.75) is 38.6 Å². The van der Waals surface area contributed by atoms with Crippen LogP contribution in [0, 0.1) is 6.92 Å². The normalized spacial score (nSPS) is 27.1. The molecule has 1 aliphatic heterocycles. The van der Waals surface area contributed by atoms with Gasteiger partial charge in [0.05, 0.1) is 6.61 Å². The van der Waals surface area contributed by atoms with Crippen molar-refractivity contribution in [2.24, 2.45) is 0 Å². The van der Waals surface area contributed by atoms with Crippen molar-refractivity contribution in [3.8, 4) is 0 Å². The maximum absolute atomic E-state index is 12.0. The lowest BCUT2D eigenvalue weighted by atomic mass is 9.79. The summed E-state index contributed by atoms with van der Waals surface area (Å²) in [5, 5.41) is 4.72. The largest absolute Gasteiger partial charge is 0.464 e. The molecule has 2 unspecified atom stereocenters. The molecule has 5 heteroatoms. The fourth-order valence-corrected chi connectivity index (χ4v) is 3.64. The van der Waals surface area contributed by atoms with Gasteiger partial charge in [-0.1, -0.05) is 6.92 Å². The molecule has 18 heavy (non-hydrogen) atoms. The molecule has 0 aromatic carbocycles. The van der Waals surface area contributed by atoms with Crippen molar-refractivity contribution < 1.29 is 14.3 Å². The second kappa shape index (κ2) is 4.72. The van der Waals surface area contributed by atoms with E-state index in [0.29, 0.717) is 13.0 Å². The molecular formula is C13H17NO3S. The summed E-state index contributed by atoms with van der Waals surface area (Å²) in [4.78, 5) is 24.7. The first-order chi connectivity index (χ1) is 8.49. The number of rotatable bonds is 3. The number of esters is 1. The minimum atomic E-state index is -0.581. The lowest BCUT2D eigenvalue weighted by Gasteiger charge is -2.28. The van der Waals surface area contributed by atoms with Crippen LogP contribution in [0.4, 0.5) is 0 Å². The van der Waals surface area contributed by atoms with E-state index in [9.17, 15) is 9.59 Å². The highest BCUT2D eigenvalue weighted by Gasteiger charge is 2.50. The van der Waals surface area contributed by atoms with Crippen LogP contribution in [0.15, 0.2) is 11.4 Å². The SMILES string of the molecule is CCOC(=O)C1NC(=O)CC1(C)c1sccc1C. The molecule has 1 fully saturated rings. The van der Waals surface area contributed by atoms with Gasteiger partial charge in [0, 0.05) is 16.7 Å². The predicted octanol–water partition coefficient (Wildman–Crippen LogP) is 1.77. The Hall–Kier alpha value is -1.36. The van der Waals surface area contributed by atoms with Gasteiger partial charge in [-0.15, -0.1) is 11.3 Å². The van der Waals surface area contributed by atoms with Crippen LogP contribution in [0.2, 0.25) is 0 Å². The number of amides is 1. The second-order valence-electron chi connectivity index (χ2n) is 4.78. The topological polar surface area (TPSA) is 55.4 Å². The van der Waals surface area contributed by atoms with E-state index in [1.807, 2.05) is 25.3 Å². The highest BCUT2D eigenvalue weighted by Crippen LogP contribution is 2.40. The van der Waals surface area contributed by atoms with Crippen LogP contribution in [0.5, 0.6) is 0 Å². The maximum Gasteiger partial charge on any atom is 0.329 e. The second-order valence-corrected chi connectivity index (χ2v) is 5.70. The van der Waals surface area contributed by atoms with E-state index < -0.39 is 11.5 Å². The minimum absolute atomic E-state index is 0.0941. The fourth-order valence-electron chi connectivity index (χ4n) is 2.52. The van der Waals surface area contributed by atoms with Gasteiger partial charge in [0.2, 0.25) is 5.91 Å². The average Bonchev–Trinajstić information content (AvgIpc) is 2.84. The van der Waals surface area contributed by atoms with Crippen LogP contribution in [-0.4, -0.2) is 24.5 Å². The monoisotopic (exact) mass is 267 g/mol. The average molecular weight is 267 g/mol. The number of hydrogen-bond donors (Lipinski definition) is 1. The van der Waals surface area contributed by atoms with Crippen molar-refractivity contribution >= 4 is 23.2 Å². The molecule has 1 aromatic rings. The van der Waals surface area contributed by atoms with E-state index in [0.717, 1.165) is 10.4 Å². The van der Waals surface area contributed by atoms with Gasteiger partial charge in [0.25, 0.3) is 0 Å². The molecule has 0 radical (unpaired) electrons. The number of hydrogen-bond acceptors (Lipinski definition) is 4. The number of ether oxygens (including phenoxy) is 1. The van der Waals surface area contributed by atoms with Crippen molar-refractivity contribution in [1.29, 1.82) is 0 Å². The van der Waals surface area contributed by atoms with Crippen LogP contribution in [0.3, 0.4) is 0 Å². The Morgan fingerprint density at radius 2 is 2.39 bits per heavy atom. The summed E-state index contributed by atoms with van der Waals surface area (Å²) in [6.45, 7) is 6.04. The highest BCUT2D eigenvalue weighted by atomic mass is 32.1. The molecular weight excluding hydrogens is 250 g/mol. The Bertz CT molecular complexity index is 482. The van der Waals surface area contributed by atoms with Crippen LogP contribution >= 0.6 is 11.3 Å². The maximum atomic E-state index is 12.0. The Kier molecular flexibility index (Phi) is 3.43. The smallest absolute Gasteiger partial charge is 0.329 e. The van der Waals surface area contributed by atoms with Crippen molar-refractivity contribution in [2.75, 3.05) is 6.61 Å². The zero-order valence-corrected chi connectivity index (χ0v) is 11.6. The molecule has 0 saturated carbocycles. The summed E-state index contributed by atoms with van der Waals surface area (Å²) >= 11 is 1.59. The third-order valence-corrected chi connectivity index (χ3v) is 4.67. The zero-order valence-electron chi connectivity index (χ0n) is 10.8. The first-order valence-electron chi connectivity index (χ1n) is 5.99. The third-order valence-electron chi connectivity index (χ3n) is 3.37. The van der Waals surface area contributed by atoms with Crippen LogP contribution < -0.4 is 5.32 Å². The van der Waals surface area contributed by atoms with E-state index in [1.165, 1.54) is 0 Å². The Labute approximate surface area is 110 Å². The molecule has 2 heterocycles. The lowest BCUT2D eigenvalue weighted by Crippen LogP contribution is -2.45. The number of thiophene rings is 1. The molecule has 2 atom stereocenters. The van der Waals surface area contributed by atoms with Gasteiger partial charge in [-0.05, 0) is 30.9 Å². The first kappa shape index (κ1) is 13.1. The molecule has 1 aliphatic rings. The summed E-state index contributed by atoms with van der Waals surface area (Å²) in [6.07, 6.45) is 0.331. The molecule has 0 bridgehead atoms. The molecule has 0 spiro atoms. The van der Waals surface area contributed by atoms with Gasteiger partial charge in [-0.25, -0.2) is 4.79 Å². The molecule has 1 saturated heterocycles.